The van der Waals surface area contributed by atoms with Crippen molar-refractivity contribution in [3.05, 3.63) is 29.3 Å². The summed E-state index contributed by atoms with van der Waals surface area (Å²) >= 11 is 5.66. The van der Waals surface area contributed by atoms with Crippen molar-refractivity contribution in [2.75, 3.05) is 23.5 Å². The third-order valence-electron chi connectivity index (χ3n) is 3.21. The van der Waals surface area contributed by atoms with E-state index in [1.165, 1.54) is 34.7 Å². The molecular weight excluding hydrogens is 282 g/mol. The number of halogens is 1. The van der Waals surface area contributed by atoms with Crippen molar-refractivity contribution in [2.24, 2.45) is 0 Å². The number of alkyl halides is 1. The van der Waals surface area contributed by atoms with Gasteiger partial charge in [0, 0.05) is 29.9 Å². The number of hydrogen-bond donors (Lipinski definition) is 0. The van der Waals surface area contributed by atoms with Gasteiger partial charge in [-0.2, -0.15) is 11.8 Å². The summed E-state index contributed by atoms with van der Waals surface area (Å²) in [4.78, 5) is 2.45. The Kier molecular flexibility index (Phi) is 4.20. The van der Waals surface area contributed by atoms with Crippen LogP contribution in [0.15, 0.2) is 18.2 Å². The Bertz CT molecular complexity index is 361. The Morgan fingerprint density at radius 2 is 2.31 bits per heavy atom. The topological polar surface area (TPSA) is 3.24 Å². The number of anilines is 1. The molecule has 1 unspecified atom stereocenters. The predicted octanol–water partition coefficient (Wildman–Crippen LogP) is 3.83. The van der Waals surface area contributed by atoms with Crippen molar-refractivity contribution >= 4 is 33.4 Å². The van der Waals surface area contributed by atoms with Crippen molar-refractivity contribution in [3.63, 3.8) is 0 Å². The molecule has 1 aromatic rings. The van der Waals surface area contributed by atoms with Crippen LogP contribution in [0.5, 0.6) is 0 Å². The van der Waals surface area contributed by atoms with E-state index >= 15 is 0 Å². The Hall–Kier alpha value is -0.150. The van der Waals surface area contributed by atoms with Gasteiger partial charge in [-0.15, -0.1) is 0 Å². The maximum atomic E-state index is 3.59. The maximum absolute atomic E-state index is 3.59. The van der Waals surface area contributed by atoms with Gasteiger partial charge >= 0.3 is 0 Å². The van der Waals surface area contributed by atoms with Crippen molar-refractivity contribution in [1.29, 1.82) is 0 Å². The second-order valence-corrected chi connectivity index (χ2v) is 6.10. The third kappa shape index (κ3) is 2.57. The highest BCUT2D eigenvalue weighted by Crippen LogP contribution is 2.29. The zero-order valence-electron chi connectivity index (χ0n) is 9.87. The van der Waals surface area contributed by atoms with Crippen LogP contribution in [0.25, 0.3) is 0 Å². The Morgan fingerprint density at radius 3 is 2.94 bits per heavy atom. The molecular formula is C13H18BrNS. The highest BCUT2D eigenvalue weighted by molar-refractivity contribution is 9.08. The standard InChI is InChI=1S/C13H18BrNS/c1-10-3-4-13(11(7-10)8-14)15(2)12-5-6-16-9-12/h3-4,7,12H,5-6,8-9H2,1-2H3. The van der Waals surface area contributed by atoms with E-state index in [2.05, 4.69) is 64.8 Å². The molecule has 1 atom stereocenters. The summed E-state index contributed by atoms with van der Waals surface area (Å²) in [6.45, 7) is 2.15. The summed E-state index contributed by atoms with van der Waals surface area (Å²) in [7, 11) is 2.23. The molecule has 0 aromatic heterocycles. The van der Waals surface area contributed by atoms with Gasteiger partial charge in [0.15, 0.2) is 0 Å². The first-order chi connectivity index (χ1) is 7.72. The molecule has 2 rings (SSSR count). The SMILES string of the molecule is Cc1ccc(N(C)C2CCSC2)c(CBr)c1. The molecule has 0 saturated carbocycles. The lowest BCUT2D eigenvalue weighted by molar-refractivity contribution is 0.698. The van der Waals surface area contributed by atoms with E-state index in [1.54, 1.807) is 0 Å². The van der Waals surface area contributed by atoms with Crippen LogP contribution in [0.4, 0.5) is 5.69 Å². The molecule has 0 radical (unpaired) electrons. The van der Waals surface area contributed by atoms with Gasteiger partial charge in [-0.3, -0.25) is 0 Å². The van der Waals surface area contributed by atoms with Crippen molar-refractivity contribution < 1.29 is 0 Å². The van der Waals surface area contributed by atoms with E-state index in [0.29, 0.717) is 6.04 Å². The number of aryl methyl sites for hydroxylation is 1. The summed E-state index contributed by atoms with van der Waals surface area (Å²) in [6.07, 6.45) is 1.32. The molecule has 1 aliphatic rings. The zero-order chi connectivity index (χ0) is 11.5. The minimum atomic E-state index is 0.713. The first-order valence-corrected chi connectivity index (χ1v) is 7.96. The number of benzene rings is 1. The van der Waals surface area contributed by atoms with Crippen LogP contribution in [-0.2, 0) is 5.33 Å². The van der Waals surface area contributed by atoms with Gasteiger partial charge in [0.25, 0.3) is 0 Å². The molecule has 1 fully saturated rings. The summed E-state index contributed by atoms with van der Waals surface area (Å²) in [5.41, 5.74) is 4.13. The lowest BCUT2D eigenvalue weighted by atomic mass is 10.1. The van der Waals surface area contributed by atoms with Crippen LogP contribution in [0.3, 0.4) is 0 Å². The van der Waals surface area contributed by atoms with Crippen molar-refractivity contribution in [2.45, 2.75) is 24.7 Å². The molecule has 0 N–H and O–H groups in total. The molecule has 0 spiro atoms. The molecule has 88 valence electrons. The van der Waals surface area contributed by atoms with E-state index in [9.17, 15) is 0 Å². The van der Waals surface area contributed by atoms with Crippen LogP contribution in [0.1, 0.15) is 17.5 Å². The first-order valence-electron chi connectivity index (χ1n) is 5.68. The molecule has 16 heavy (non-hydrogen) atoms. The quantitative estimate of drug-likeness (QED) is 0.781. The van der Waals surface area contributed by atoms with E-state index < -0.39 is 0 Å². The highest BCUT2D eigenvalue weighted by Gasteiger charge is 2.21. The second kappa shape index (κ2) is 5.46. The number of nitrogens with zero attached hydrogens (tertiary/aromatic N) is 1. The summed E-state index contributed by atoms with van der Waals surface area (Å²) in [5.74, 6) is 2.58. The van der Waals surface area contributed by atoms with Gasteiger partial charge < -0.3 is 4.90 Å². The fourth-order valence-electron chi connectivity index (χ4n) is 2.19. The Labute approximate surface area is 111 Å². The van der Waals surface area contributed by atoms with Crippen LogP contribution >= 0.6 is 27.7 Å². The van der Waals surface area contributed by atoms with Crippen LogP contribution in [-0.4, -0.2) is 24.6 Å². The summed E-state index contributed by atoms with van der Waals surface area (Å²) in [5, 5.41) is 0.939. The summed E-state index contributed by atoms with van der Waals surface area (Å²) < 4.78 is 0. The molecule has 0 bridgehead atoms. The third-order valence-corrected chi connectivity index (χ3v) is 4.96. The van der Waals surface area contributed by atoms with E-state index in [0.717, 1.165) is 5.33 Å². The van der Waals surface area contributed by atoms with Gasteiger partial charge in [-0.05, 0) is 30.7 Å². The van der Waals surface area contributed by atoms with E-state index in [4.69, 9.17) is 0 Å². The molecule has 0 aliphatic carbocycles. The van der Waals surface area contributed by atoms with Gasteiger partial charge in [-0.25, -0.2) is 0 Å². The zero-order valence-corrected chi connectivity index (χ0v) is 12.3. The van der Waals surface area contributed by atoms with E-state index in [-0.39, 0.29) is 0 Å². The molecule has 1 aromatic carbocycles. The lowest BCUT2D eigenvalue weighted by Gasteiger charge is -2.28. The van der Waals surface area contributed by atoms with Crippen LogP contribution in [0.2, 0.25) is 0 Å². The first kappa shape index (κ1) is 12.3. The fourth-order valence-corrected chi connectivity index (χ4v) is 3.91. The maximum Gasteiger partial charge on any atom is 0.0407 e. The van der Waals surface area contributed by atoms with E-state index in [1.807, 2.05) is 0 Å². The minimum Gasteiger partial charge on any atom is -0.371 e. The van der Waals surface area contributed by atoms with Crippen molar-refractivity contribution in [1.82, 2.24) is 0 Å². The highest BCUT2D eigenvalue weighted by atomic mass is 79.9. The number of hydrogen-bond acceptors (Lipinski definition) is 2. The average Bonchev–Trinajstić information content (AvgIpc) is 2.81. The van der Waals surface area contributed by atoms with Gasteiger partial charge in [0.1, 0.15) is 0 Å². The van der Waals surface area contributed by atoms with Gasteiger partial charge in [-0.1, -0.05) is 33.6 Å². The molecule has 1 aliphatic heterocycles. The summed E-state index contributed by atoms with van der Waals surface area (Å²) in [6, 6.07) is 7.46. The monoisotopic (exact) mass is 299 g/mol. The Morgan fingerprint density at radius 1 is 1.50 bits per heavy atom. The molecule has 3 heteroatoms. The smallest absolute Gasteiger partial charge is 0.0407 e. The largest absolute Gasteiger partial charge is 0.371 e. The fraction of sp³-hybridized carbons (Fsp3) is 0.538. The lowest BCUT2D eigenvalue weighted by Crippen LogP contribution is -2.31. The van der Waals surface area contributed by atoms with Gasteiger partial charge in [0.05, 0.1) is 0 Å². The Balaban J connectivity index is 2.24. The molecule has 0 amide bonds. The molecule has 1 saturated heterocycles. The molecule has 1 heterocycles. The molecule has 1 nitrogen and oxygen atoms in total. The minimum absolute atomic E-state index is 0.713. The predicted molar refractivity (Wildman–Crippen MR) is 77.9 cm³/mol. The second-order valence-electron chi connectivity index (χ2n) is 4.39. The number of thioether (sulfide) groups is 1. The normalized spacial score (nSPS) is 20.1. The van der Waals surface area contributed by atoms with Crippen LogP contribution < -0.4 is 4.90 Å². The van der Waals surface area contributed by atoms with Crippen LogP contribution in [0, 0.1) is 6.92 Å². The average molecular weight is 300 g/mol. The van der Waals surface area contributed by atoms with Gasteiger partial charge in [0.2, 0.25) is 0 Å². The number of rotatable bonds is 3. The van der Waals surface area contributed by atoms with Crippen molar-refractivity contribution in [3.8, 4) is 0 Å².